The molecule has 0 radical (unpaired) electrons. The van der Waals surface area contributed by atoms with E-state index in [9.17, 15) is 4.79 Å². The fourth-order valence-electron chi connectivity index (χ4n) is 0.996. The van der Waals surface area contributed by atoms with Gasteiger partial charge in [-0.2, -0.15) is 5.10 Å². The van der Waals surface area contributed by atoms with Crippen molar-refractivity contribution >= 4 is 5.97 Å². The van der Waals surface area contributed by atoms with E-state index in [1.807, 2.05) is 0 Å². The zero-order valence-electron chi connectivity index (χ0n) is 8.02. The molecule has 8 heteroatoms. The first-order valence-corrected chi connectivity index (χ1v) is 4.27. The third-order valence-corrected chi connectivity index (χ3v) is 1.62. The number of nitrogens with zero attached hydrogens (tertiary/aromatic N) is 5. The lowest BCUT2D eigenvalue weighted by atomic mass is 10.5. The van der Waals surface area contributed by atoms with Crippen LogP contribution in [0.1, 0.15) is 0 Å². The molecule has 82 valence electrons. The second kappa shape index (κ2) is 4.34. The van der Waals surface area contributed by atoms with Gasteiger partial charge in [0.05, 0.1) is 0 Å². The van der Waals surface area contributed by atoms with E-state index < -0.39 is 12.6 Å². The van der Waals surface area contributed by atoms with Gasteiger partial charge in [-0.15, -0.1) is 0 Å². The number of hydrogen-bond donors (Lipinski definition) is 1. The summed E-state index contributed by atoms with van der Waals surface area (Å²) in [5.41, 5.74) is 0. The number of carbonyl (C=O) groups is 1. The van der Waals surface area contributed by atoms with E-state index in [4.69, 9.17) is 9.84 Å². The fraction of sp³-hybridized carbons (Fsp3) is 0.125. The van der Waals surface area contributed by atoms with Crippen LogP contribution in [0.2, 0.25) is 0 Å². The standard InChI is InChI=1S/C8H7N5O3/c14-8(15)2-16-7-1-6(10-4-11-7)13-5-9-3-12-13/h1,3-5H,2H2,(H,14,15). The predicted molar refractivity (Wildman–Crippen MR) is 50.1 cm³/mol. The molecule has 1 N–H and O–H groups in total. The van der Waals surface area contributed by atoms with Crippen molar-refractivity contribution in [3.63, 3.8) is 0 Å². The van der Waals surface area contributed by atoms with Crippen LogP contribution in [0.4, 0.5) is 0 Å². The number of ether oxygens (including phenoxy) is 1. The minimum absolute atomic E-state index is 0.169. The monoisotopic (exact) mass is 221 g/mol. The van der Waals surface area contributed by atoms with Crippen molar-refractivity contribution in [1.29, 1.82) is 0 Å². The Morgan fingerprint density at radius 1 is 1.44 bits per heavy atom. The average Bonchev–Trinajstić information content (AvgIpc) is 2.80. The van der Waals surface area contributed by atoms with E-state index in [2.05, 4.69) is 20.1 Å². The van der Waals surface area contributed by atoms with Gasteiger partial charge in [-0.25, -0.2) is 24.4 Å². The van der Waals surface area contributed by atoms with E-state index >= 15 is 0 Å². The van der Waals surface area contributed by atoms with Gasteiger partial charge in [0.25, 0.3) is 0 Å². The minimum Gasteiger partial charge on any atom is -0.479 e. The van der Waals surface area contributed by atoms with Gasteiger partial charge in [-0.3, -0.25) is 0 Å². The Hall–Kier alpha value is -2.51. The zero-order valence-corrected chi connectivity index (χ0v) is 8.02. The van der Waals surface area contributed by atoms with E-state index in [1.165, 1.54) is 29.7 Å². The van der Waals surface area contributed by atoms with Gasteiger partial charge in [-0.1, -0.05) is 0 Å². The van der Waals surface area contributed by atoms with Crippen molar-refractivity contribution in [2.24, 2.45) is 0 Å². The number of aromatic nitrogens is 5. The van der Waals surface area contributed by atoms with Crippen LogP contribution in [0.3, 0.4) is 0 Å². The molecule has 0 atom stereocenters. The summed E-state index contributed by atoms with van der Waals surface area (Å²) in [4.78, 5) is 21.7. The van der Waals surface area contributed by atoms with E-state index in [0.29, 0.717) is 5.82 Å². The molecule has 0 bridgehead atoms. The Morgan fingerprint density at radius 3 is 3.00 bits per heavy atom. The Morgan fingerprint density at radius 2 is 2.31 bits per heavy atom. The van der Waals surface area contributed by atoms with Gasteiger partial charge < -0.3 is 9.84 Å². The maximum Gasteiger partial charge on any atom is 0.341 e. The van der Waals surface area contributed by atoms with Gasteiger partial charge in [0.2, 0.25) is 5.88 Å². The highest BCUT2D eigenvalue weighted by Gasteiger charge is 2.04. The molecular formula is C8H7N5O3. The molecule has 2 rings (SSSR count). The van der Waals surface area contributed by atoms with Crippen LogP contribution in [0.5, 0.6) is 5.88 Å². The molecule has 2 aromatic rings. The Balaban J connectivity index is 2.17. The third kappa shape index (κ3) is 2.29. The minimum atomic E-state index is -1.07. The first kappa shape index (κ1) is 10.0. The van der Waals surface area contributed by atoms with Crippen LogP contribution in [-0.2, 0) is 4.79 Å². The summed E-state index contributed by atoms with van der Waals surface area (Å²) < 4.78 is 6.31. The van der Waals surface area contributed by atoms with Crippen LogP contribution in [0.15, 0.2) is 25.0 Å². The first-order valence-electron chi connectivity index (χ1n) is 4.27. The van der Waals surface area contributed by atoms with Gasteiger partial charge >= 0.3 is 5.97 Å². The molecule has 8 nitrogen and oxygen atoms in total. The molecule has 0 spiro atoms. The number of carboxylic acids is 1. The Labute approximate surface area is 89.6 Å². The normalized spacial score (nSPS) is 10.0. The lowest BCUT2D eigenvalue weighted by Crippen LogP contribution is -2.11. The van der Waals surface area contributed by atoms with Gasteiger partial charge in [0.15, 0.2) is 12.4 Å². The summed E-state index contributed by atoms with van der Waals surface area (Å²) in [6, 6.07) is 1.47. The SMILES string of the molecule is O=C(O)COc1cc(-n2cncn2)ncn1. The highest BCUT2D eigenvalue weighted by Crippen LogP contribution is 2.09. The summed E-state index contributed by atoms with van der Waals surface area (Å²) in [6.07, 6.45) is 4.08. The Bertz CT molecular complexity index is 484. The largest absolute Gasteiger partial charge is 0.479 e. The highest BCUT2D eigenvalue weighted by atomic mass is 16.5. The molecule has 0 aliphatic carbocycles. The molecule has 0 unspecified atom stereocenters. The van der Waals surface area contributed by atoms with Crippen molar-refractivity contribution in [2.75, 3.05) is 6.61 Å². The van der Waals surface area contributed by atoms with Crippen molar-refractivity contribution in [2.45, 2.75) is 0 Å². The predicted octanol–water partition coefficient (Wildman–Crippen LogP) is -0.479. The molecule has 2 aromatic heterocycles. The quantitative estimate of drug-likeness (QED) is 0.743. The van der Waals surface area contributed by atoms with Gasteiger partial charge in [0, 0.05) is 6.07 Å². The summed E-state index contributed by atoms with van der Waals surface area (Å²) in [5, 5.41) is 12.3. The maximum absolute atomic E-state index is 10.3. The lowest BCUT2D eigenvalue weighted by Gasteiger charge is -2.03. The van der Waals surface area contributed by atoms with Crippen LogP contribution in [-0.4, -0.2) is 42.4 Å². The van der Waals surface area contributed by atoms with Crippen LogP contribution >= 0.6 is 0 Å². The second-order valence-corrected chi connectivity index (χ2v) is 2.74. The topological polar surface area (TPSA) is 103 Å². The van der Waals surface area contributed by atoms with Gasteiger partial charge in [-0.05, 0) is 0 Å². The van der Waals surface area contributed by atoms with E-state index in [-0.39, 0.29) is 5.88 Å². The molecule has 2 heterocycles. The second-order valence-electron chi connectivity index (χ2n) is 2.74. The number of hydrogen-bond acceptors (Lipinski definition) is 6. The van der Waals surface area contributed by atoms with Crippen molar-refractivity contribution < 1.29 is 14.6 Å². The van der Waals surface area contributed by atoms with Crippen molar-refractivity contribution in [3.8, 4) is 11.7 Å². The smallest absolute Gasteiger partial charge is 0.341 e. The fourth-order valence-corrected chi connectivity index (χ4v) is 0.996. The molecular weight excluding hydrogens is 214 g/mol. The summed E-state index contributed by atoms with van der Waals surface area (Å²) in [7, 11) is 0. The first-order chi connectivity index (χ1) is 7.75. The zero-order chi connectivity index (χ0) is 11.4. The number of carboxylic acid groups (broad SMARTS) is 1. The molecule has 16 heavy (non-hydrogen) atoms. The molecule has 0 amide bonds. The molecule has 0 fully saturated rings. The molecule has 0 saturated heterocycles. The van der Waals surface area contributed by atoms with Crippen LogP contribution in [0.25, 0.3) is 5.82 Å². The lowest BCUT2D eigenvalue weighted by molar-refractivity contribution is -0.139. The molecule has 0 aliphatic rings. The van der Waals surface area contributed by atoms with Gasteiger partial charge in [0.1, 0.15) is 19.0 Å². The number of rotatable bonds is 4. The molecule has 0 aromatic carbocycles. The van der Waals surface area contributed by atoms with Crippen molar-refractivity contribution in [1.82, 2.24) is 24.7 Å². The summed E-state index contributed by atoms with van der Waals surface area (Å²) in [5.74, 6) is -0.447. The average molecular weight is 221 g/mol. The molecule has 0 aliphatic heterocycles. The molecule has 0 saturated carbocycles. The highest BCUT2D eigenvalue weighted by molar-refractivity contribution is 5.68. The van der Waals surface area contributed by atoms with Crippen molar-refractivity contribution in [3.05, 3.63) is 25.0 Å². The van der Waals surface area contributed by atoms with Crippen LogP contribution < -0.4 is 4.74 Å². The number of aliphatic carboxylic acids is 1. The third-order valence-electron chi connectivity index (χ3n) is 1.62. The summed E-state index contributed by atoms with van der Waals surface area (Å²) >= 11 is 0. The summed E-state index contributed by atoms with van der Waals surface area (Å²) in [6.45, 7) is -0.451. The Kier molecular flexibility index (Phi) is 2.72. The van der Waals surface area contributed by atoms with E-state index in [1.54, 1.807) is 0 Å². The van der Waals surface area contributed by atoms with Crippen LogP contribution in [0, 0.1) is 0 Å². The maximum atomic E-state index is 10.3. The van der Waals surface area contributed by atoms with E-state index in [0.717, 1.165) is 0 Å².